The molecule has 2 aliphatic heterocycles. The second-order valence-corrected chi connectivity index (χ2v) is 7.61. The molecule has 0 radical (unpaired) electrons. The van der Waals surface area contributed by atoms with Crippen LogP contribution >= 0.6 is 0 Å². The van der Waals surface area contributed by atoms with Crippen LogP contribution in [0.15, 0.2) is 29.3 Å². The van der Waals surface area contributed by atoms with E-state index in [0.29, 0.717) is 26.2 Å². The molecule has 0 aliphatic carbocycles. The van der Waals surface area contributed by atoms with E-state index in [1.165, 1.54) is 0 Å². The second kappa shape index (κ2) is 11.1. The normalized spacial score (nSPS) is 20.8. The Morgan fingerprint density at radius 2 is 1.87 bits per heavy atom. The third kappa shape index (κ3) is 6.01. The molecule has 2 atom stereocenters. The van der Waals surface area contributed by atoms with Crippen molar-refractivity contribution in [3.63, 3.8) is 0 Å². The number of piperazine rings is 1. The number of nitrogens with one attached hydrogen (secondary N) is 1. The largest absolute Gasteiger partial charge is 0.497 e. The molecule has 2 saturated heterocycles. The number of ether oxygens (including phenoxy) is 3. The van der Waals surface area contributed by atoms with Crippen molar-refractivity contribution in [1.29, 1.82) is 0 Å². The van der Waals surface area contributed by atoms with Gasteiger partial charge in [0, 0.05) is 39.3 Å². The van der Waals surface area contributed by atoms with Crippen LogP contribution in [-0.2, 0) is 9.53 Å². The van der Waals surface area contributed by atoms with E-state index >= 15 is 0 Å². The number of methoxy groups -OCH3 is 1. The lowest BCUT2D eigenvalue weighted by molar-refractivity contribution is -0.142. The van der Waals surface area contributed by atoms with E-state index in [1.54, 1.807) is 7.11 Å². The van der Waals surface area contributed by atoms with Gasteiger partial charge in [0.25, 0.3) is 5.91 Å². The number of rotatable bonds is 7. The van der Waals surface area contributed by atoms with Gasteiger partial charge < -0.3 is 29.3 Å². The molecule has 1 aromatic rings. The molecule has 8 nitrogen and oxygen atoms in total. The van der Waals surface area contributed by atoms with Crippen LogP contribution in [0.2, 0.25) is 0 Å². The van der Waals surface area contributed by atoms with E-state index < -0.39 is 0 Å². The molecule has 1 N–H and O–H groups in total. The SMILES string of the molecule is CCNC(=NCC(C)Oc1ccc(OC)cc1)N1CCN(C(=O)C2CCCO2)CC1. The summed E-state index contributed by atoms with van der Waals surface area (Å²) in [6, 6.07) is 7.56. The van der Waals surface area contributed by atoms with Crippen LogP contribution in [0, 0.1) is 0 Å². The molecule has 2 fully saturated rings. The van der Waals surface area contributed by atoms with Gasteiger partial charge in [-0.05, 0) is 51.0 Å². The van der Waals surface area contributed by atoms with Gasteiger partial charge in [0.2, 0.25) is 0 Å². The first-order valence-electron chi connectivity index (χ1n) is 10.8. The van der Waals surface area contributed by atoms with Gasteiger partial charge in [0.05, 0.1) is 13.7 Å². The number of hydrogen-bond donors (Lipinski definition) is 1. The fourth-order valence-corrected chi connectivity index (χ4v) is 3.68. The average Bonchev–Trinajstić information content (AvgIpc) is 3.32. The van der Waals surface area contributed by atoms with Gasteiger partial charge in [-0.2, -0.15) is 0 Å². The minimum Gasteiger partial charge on any atom is -0.497 e. The Hall–Kier alpha value is -2.48. The highest BCUT2D eigenvalue weighted by atomic mass is 16.5. The van der Waals surface area contributed by atoms with Gasteiger partial charge in [0.15, 0.2) is 5.96 Å². The van der Waals surface area contributed by atoms with Gasteiger partial charge in [0.1, 0.15) is 23.7 Å². The van der Waals surface area contributed by atoms with Crippen LogP contribution in [0.1, 0.15) is 26.7 Å². The van der Waals surface area contributed by atoms with Crippen LogP contribution in [0.25, 0.3) is 0 Å². The Morgan fingerprint density at radius 3 is 2.47 bits per heavy atom. The Kier molecular flexibility index (Phi) is 8.19. The minimum absolute atomic E-state index is 0.0607. The van der Waals surface area contributed by atoms with Gasteiger partial charge >= 0.3 is 0 Å². The summed E-state index contributed by atoms with van der Waals surface area (Å²) in [5.41, 5.74) is 0. The van der Waals surface area contributed by atoms with E-state index in [1.807, 2.05) is 36.1 Å². The highest BCUT2D eigenvalue weighted by Gasteiger charge is 2.30. The second-order valence-electron chi connectivity index (χ2n) is 7.61. The van der Waals surface area contributed by atoms with Gasteiger partial charge in [-0.3, -0.25) is 4.79 Å². The van der Waals surface area contributed by atoms with Crippen LogP contribution in [-0.4, -0.2) is 86.9 Å². The summed E-state index contributed by atoms with van der Waals surface area (Å²) in [7, 11) is 1.65. The lowest BCUT2D eigenvalue weighted by Gasteiger charge is -2.37. The number of nitrogens with zero attached hydrogens (tertiary/aromatic N) is 3. The highest BCUT2D eigenvalue weighted by Crippen LogP contribution is 2.18. The first-order valence-corrected chi connectivity index (χ1v) is 10.8. The van der Waals surface area contributed by atoms with Crippen molar-refractivity contribution >= 4 is 11.9 Å². The van der Waals surface area contributed by atoms with E-state index in [0.717, 1.165) is 49.9 Å². The fourth-order valence-electron chi connectivity index (χ4n) is 3.68. The molecule has 0 saturated carbocycles. The van der Waals surface area contributed by atoms with E-state index in [-0.39, 0.29) is 18.1 Å². The zero-order chi connectivity index (χ0) is 21.3. The maximum absolute atomic E-state index is 12.5. The van der Waals surface area contributed by atoms with Crippen molar-refractivity contribution in [3.8, 4) is 11.5 Å². The number of guanidine groups is 1. The van der Waals surface area contributed by atoms with Crippen molar-refractivity contribution in [2.75, 3.05) is 53.0 Å². The van der Waals surface area contributed by atoms with E-state index in [9.17, 15) is 4.79 Å². The molecule has 2 aliphatic rings. The van der Waals surface area contributed by atoms with Crippen molar-refractivity contribution < 1.29 is 19.0 Å². The number of amides is 1. The Balaban J connectivity index is 1.50. The number of benzene rings is 1. The first kappa shape index (κ1) is 22.2. The van der Waals surface area contributed by atoms with Crippen molar-refractivity contribution in [2.45, 2.75) is 38.9 Å². The van der Waals surface area contributed by atoms with Crippen LogP contribution < -0.4 is 14.8 Å². The smallest absolute Gasteiger partial charge is 0.251 e. The molecular formula is C22H34N4O4. The molecule has 0 aromatic heterocycles. The summed E-state index contributed by atoms with van der Waals surface area (Å²) >= 11 is 0. The van der Waals surface area contributed by atoms with Crippen LogP contribution in [0.3, 0.4) is 0 Å². The summed E-state index contributed by atoms with van der Waals surface area (Å²) in [5, 5.41) is 3.36. The van der Waals surface area contributed by atoms with E-state index in [4.69, 9.17) is 19.2 Å². The molecule has 0 bridgehead atoms. The standard InChI is InChI=1S/C22H34N4O4/c1-4-23-22(24-16-17(2)30-19-9-7-18(28-3)8-10-19)26-13-11-25(12-14-26)21(27)20-6-5-15-29-20/h7-10,17,20H,4-6,11-16H2,1-3H3,(H,23,24). The molecule has 166 valence electrons. The zero-order valence-electron chi connectivity index (χ0n) is 18.3. The van der Waals surface area contributed by atoms with Gasteiger partial charge in [-0.25, -0.2) is 4.99 Å². The average molecular weight is 419 g/mol. The van der Waals surface area contributed by atoms with Crippen molar-refractivity contribution in [3.05, 3.63) is 24.3 Å². The van der Waals surface area contributed by atoms with Crippen molar-refractivity contribution in [1.82, 2.24) is 15.1 Å². The lowest BCUT2D eigenvalue weighted by Crippen LogP contribution is -2.55. The highest BCUT2D eigenvalue weighted by molar-refractivity contribution is 5.82. The predicted molar refractivity (Wildman–Crippen MR) is 116 cm³/mol. The van der Waals surface area contributed by atoms with Crippen LogP contribution in [0.5, 0.6) is 11.5 Å². The molecule has 30 heavy (non-hydrogen) atoms. The third-order valence-electron chi connectivity index (χ3n) is 5.33. The summed E-state index contributed by atoms with van der Waals surface area (Å²) in [6.45, 7) is 9.02. The number of carbonyl (C=O) groups is 1. The molecule has 8 heteroatoms. The number of carbonyl (C=O) groups excluding carboxylic acids is 1. The third-order valence-corrected chi connectivity index (χ3v) is 5.33. The topological polar surface area (TPSA) is 75.6 Å². The van der Waals surface area contributed by atoms with Crippen molar-refractivity contribution in [2.24, 2.45) is 4.99 Å². The molecule has 1 amide bonds. The fraction of sp³-hybridized carbons (Fsp3) is 0.636. The van der Waals surface area contributed by atoms with Gasteiger partial charge in [-0.1, -0.05) is 0 Å². The summed E-state index contributed by atoms with van der Waals surface area (Å²) in [5.74, 6) is 2.60. The minimum atomic E-state index is -0.241. The predicted octanol–water partition coefficient (Wildman–Crippen LogP) is 1.75. The first-order chi connectivity index (χ1) is 14.6. The quantitative estimate of drug-likeness (QED) is 0.537. The monoisotopic (exact) mass is 418 g/mol. The molecule has 3 rings (SSSR count). The molecule has 2 unspecified atom stereocenters. The molecule has 1 aromatic carbocycles. The maximum atomic E-state index is 12.5. The summed E-state index contributed by atoms with van der Waals surface area (Å²) in [4.78, 5) is 21.4. The molecular weight excluding hydrogens is 384 g/mol. The summed E-state index contributed by atoms with van der Waals surface area (Å²) in [6.07, 6.45) is 1.52. The number of aliphatic imine (C=N–C) groups is 1. The molecule has 2 heterocycles. The van der Waals surface area contributed by atoms with Crippen LogP contribution in [0.4, 0.5) is 0 Å². The maximum Gasteiger partial charge on any atom is 0.251 e. The number of hydrogen-bond acceptors (Lipinski definition) is 5. The zero-order valence-corrected chi connectivity index (χ0v) is 18.3. The summed E-state index contributed by atoms with van der Waals surface area (Å²) < 4.78 is 16.7. The lowest BCUT2D eigenvalue weighted by atomic mass is 10.2. The Morgan fingerprint density at radius 1 is 1.20 bits per heavy atom. The Bertz CT molecular complexity index is 696. The van der Waals surface area contributed by atoms with Gasteiger partial charge in [-0.15, -0.1) is 0 Å². The van der Waals surface area contributed by atoms with E-state index in [2.05, 4.69) is 17.1 Å². The Labute approximate surface area is 179 Å². The molecule has 0 spiro atoms.